The Balaban J connectivity index is 1.31. The van der Waals surface area contributed by atoms with Gasteiger partial charge in [0.05, 0.1) is 23.6 Å². The summed E-state index contributed by atoms with van der Waals surface area (Å²) < 4.78 is 5.10. The van der Waals surface area contributed by atoms with E-state index in [2.05, 4.69) is 9.97 Å². The van der Waals surface area contributed by atoms with Gasteiger partial charge in [-0.1, -0.05) is 36.0 Å². The van der Waals surface area contributed by atoms with Crippen molar-refractivity contribution in [1.29, 1.82) is 0 Å². The number of piperidine rings is 1. The summed E-state index contributed by atoms with van der Waals surface area (Å²) in [5, 5.41) is 0.890. The van der Waals surface area contributed by atoms with Crippen molar-refractivity contribution < 1.29 is 14.3 Å². The van der Waals surface area contributed by atoms with Crippen LogP contribution in [0.1, 0.15) is 35.7 Å². The van der Waals surface area contributed by atoms with Crippen LogP contribution in [0.25, 0.3) is 11.0 Å². The second kappa shape index (κ2) is 9.34. The zero-order valence-electron chi connectivity index (χ0n) is 17.0. The number of aromatic nitrogens is 2. The van der Waals surface area contributed by atoms with Gasteiger partial charge in [0.25, 0.3) is 5.91 Å². The Morgan fingerprint density at radius 2 is 1.87 bits per heavy atom. The van der Waals surface area contributed by atoms with Gasteiger partial charge in [0.2, 0.25) is 0 Å². The normalized spacial score (nSPS) is 14.8. The molecular weight excluding hydrogens is 398 g/mol. The summed E-state index contributed by atoms with van der Waals surface area (Å²) in [5.41, 5.74) is 3.82. The van der Waals surface area contributed by atoms with Gasteiger partial charge in [-0.05, 0) is 49.6 Å². The number of hydrogen-bond donors (Lipinski definition) is 1. The Morgan fingerprint density at radius 3 is 2.57 bits per heavy atom. The Morgan fingerprint density at radius 1 is 1.13 bits per heavy atom. The van der Waals surface area contributed by atoms with Crippen LogP contribution in [0.2, 0.25) is 0 Å². The summed E-state index contributed by atoms with van der Waals surface area (Å²) in [5.74, 6) is 0.565. The number of fused-ring (bicyclic) bond motifs is 1. The Labute approximate surface area is 180 Å². The molecule has 1 saturated heterocycles. The average molecular weight is 424 g/mol. The monoisotopic (exact) mass is 423 g/mol. The first-order valence-corrected chi connectivity index (χ1v) is 11.2. The van der Waals surface area contributed by atoms with E-state index < -0.39 is 0 Å². The molecule has 0 radical (unpaired) electrons. The molecule has 1 amide bonds. The van der Waals surface area contributed by atoms with Gasteiger partial charge in [0.15, 0.2) is 5.16 Å². The van der Waals surface area contributed by atoms with Crippen LogP contribution < -0.4 is 0 Å². The lowest BCUT2D eigenvalue weighted by molar-refractivity contribution is -0.149. The predicted octanol–water partition coefficient (Wildman–Crippen LogP) is 4.27. The van der Waals surface area contributed by atoms with Crippen LogP contribution >= 0.6 is 11.8 Å². The number of thioether (sulfide) groups is 1. The number of carbonyl (C=O) groups is 2. The molecule has 0 saturated carbocycles. The van der Waals surface area contributed by atoms with Crippen LogP contribution in [0.3, 0.4) is 0 Å². The molecule has 1 aliphatic rings. The zero-order chi connectivity index (χ0) is 20.9. The smallest absolute Gasteiger partial charge is 0.309 e. The van der Waals surface area contributed by atoms with E-state index in [-0.39, 0.29) is 17.8 Å². The number of amides is 1. The van der Waals surface area contributed by atoms with Crippen LogP contribution in [-0.4, -0.2) is 46.4 Å². The topological polar surface area (TPSA) is 75.3 Å². The number of carbonyl (C=O) groups excluding carboxylic acids is 2. The SMILES string of the molecule is CCOC(=O)C1CCN(C(=O)c2ccc(CSc3nc4ccccc4[nH]3)cc2)CC1. The summed E-state index contributed by atoms with van der Waals surface area (Å²) in [6, 6.07) is 15.7. The number of likely N-dealkylation sites (tertiary alicyclic amines) is 1. The molecule has 2 heterocycles. The lowest BCUT2D eigenvalue weighted by Crippen LogP contribution is -2.40. The van der Waals surface area contributed by atoms with Gasteiger partial charge >= 0.3 is 5.97 Å². The standard InChI is InChI=1S/C23H25N3O3S/c1-2-29-22(28)18-11-13-26(14-12-18)21(27)17-9-7-16(8-10-17)15-30-23-24-19-5-3-4-6-20(19)25-23/h3-10,18H,2,11-15H2,1H3,(H,24,25). The molecule has 4 rings (SSSR count). The first kappa shape index (κ1) is 20.5. The highest BCUT2D eigenvalue weighted by Crippen LogP contribution is 2.24. The third-order valence-electron chi connectivity index (χ3n) is 5.35. The van der Waals surface area contributed by atoms with Crippen LogP contribution in [0.15, 0.2) is 53.7 Å². The molecule has 1 fully saturated rings. The third-order valence-corrected chi connectivity index (χ3v) is 6.29. The van der Waals surface area contributed by atoms with Crippen molar-refractivity contribution in [3.63, 3.8) is 0 Å². The lowest BCUT2D eigenvalue weighted by atomic mass is 9.96. The molecule has 0 bridgehead atoms. The van der Waals surface area contributed by atoms with E-state index in [1.807, 2.05) is 60.4 Å². The van der Waals surface area contributed by atoms with Crippen LogP contribution in [0.4, 0.5) is 0 Å². The summed E-state index contributed by atoms with van der Waals surface area (Å²) >= 11 is 1.64. The predicted molar refractivity (Wildman–Crippen MR) is 117 cm³/mol. The molecule has 0 unspecified atom stereocenters. The highest BCUT2D eigenvalue weighted by molar-refractivity contribution is 7.98. The number of aromatic amines is 1. The third kappa shape index (κ3) is 4.67. The van der Waals surface area contributed by atoms with E-state index in [4.69, 9.17) is 4.74 Å². The number of ether oxygens (including phenoxy) is 1. The quantitative estimate of drug-likeness (QED) is 0.473. The van der Waals surface area contributed by atoms with Gasteiger partial charge in [-0.15, -0.1) is 0 Å². The number of benzene rings is 2. The maximum Gasteiger partial charge on any atom is 0.309 e. The average Bonchev–Trinajstić information content (AvgIpc) is 3.21. The number of hydrogen-bond acceptors (Lipinski definition) is 5. The van der Waals surface area contributed by atoms with E-state index in [1.54, 1.807) is 11.8 Å². The fraction of sp³-hybridized carbons (Fsp3) is 0.348. The molecule has 7 heteroatoms. The molecule has 2 aromatic carbocycles. The summed E-state index contributed by atoms with van der Waals surface area (Å²) in [4.78, 5) is 34.4. The first-order valence-electron chi connectivity index (χ1n) is 10.3. The number of esters is 1. The fourth-order valence-corrected chi connectivity index (χ4v) is 4.49. The highest BCUT2D eigenvalue weighted by atomic mass is 32.2. The maximum absolute atomic E-state index is 12.8. The van der Waals surface area contributed by atoms with Crippen molar-refractivity contribution >= 4 is 34.7 Å². The maximum atomic E-state index is 12.8. The number of imidazole rings is 1. The molecule has 1 N–H and O–H groups in total. The Kier molecular flexibility index (Phi) is 6.38. The molecule has 0 spiro atoms. The minimum Gasteiger partial charge on any atom is -0.466 e. The van der Waals surface area contributed by atoms with Crippen molar-refractivity contribution in [1.82, 2.24) is 14.9 Å². The molecule has 0 atom stereocenters. The van der Waals surface area contributed by atoms with Crippen molar-refractivity contribution in [2.45, 2.75) is 30.7 Å². The number of para-hydroxylation sites is 2. The number of nitrogens with zero attached hydrogens (tertiary/aromatic N) is 2. The summed E-state index contributed by atoms with van der Waals surface area (Å²) in [6.45, 7) is 3.40. The van der Waals surface area contributed by atoms with Gasteiger partial charge in [0, 0.05) is 24.4 Å². The number of rotatable bonds is 6. The minimum atomic E-state index is -0.143. The second-order valence-corrected chi connectivity index (χ2v) is 8.33. The molecule has 0 aliphatic carbocycles. The Hall–Kier alpha value is -2.80. The van der Waals surface area contributed by atoms with Gasteiger partial charge in [-0.2, -0.15) is 0 Å². The largest absolute Gasteiger partial charge is 0.466 e. The molecule has 30 heavy (non-hydrogen) atoms. The van der Waals surface area contributed by atoms with E-state index in [0.29, 0.717) is 38.1 Å². The van der Waals surface area contributed by atoms with Gasteiger partial charge in [0.1, 0.15) is 0 Å². The van der Waals surface area contributed by atoms with Crippen LogP contribution in [0, 0.1) is 5.92 Å². The van der Waals surface area contributed by atoms with Gasteiger partial charge in [-0.3, -0.25) is 9.59 Å². The fourth-order valence-electron chi connectivity index (χ4n) is 3.65. The van der Waals surface area contributed by atoms with E-state index in [1.165, 1.54) is 0 Å². The summed E-state index contributed by atoms with van der Waals surface area (Å²) in [7, 11) is 0. The van der Waals surface area contributed by atoms with E-state index in [0.717, 1.165) is 27.5 Å². The molecule has 1 aliphatic heterocycles. The zero-order valence-corrected chi connectivity index (χ0v) is 17.8. The van der Waals surface area contributed by atoms with Crippen molar-refractivity contribution in [2.24, 2.45) is 5.92 Å². The van der Waals surface area contributed by atoms with Crippen molar-refractivity contribution in [3.05, 3.63) is 59.7 Å². The van der Waals surface area contributed by atoms with Gasteiger partial charge < -0.3 is 14.6 Å². The van der Waals surface area contributed by atoms with Crippen molar-refractivity contribution in [2.75, 3.05) is 19.7 Å². The van der Waals surface area contributed by atoms with Crippen molar-refractivity contribution in [3.8, 4) is 0 Å². The van der Waals surface area contributed by atoms with Crippen LogP contribution in [-0.2, 0) is 15.3 Å². The molecule has 6 nitrogen and oxygen atoms in total. The van der Waals surface area contributed by atoms with Crippen LogP contribution in [0.5, 0.6) is 0 Å². The van der Waals surface area contributed by atoms with Gasteiger partial charge in [-0.25, -0.2) is 4.98 Å². The van der Waals surface area contributed by atoms with E-state index >= 15 is 0 Å². The molecular formula is C23H25N3O3S. The minimum absolute atomic E-state index is 0.0220. The molecule has 1 aromatic heterocycles. The molecule has 156 valence electrons. The molecule has 3 aromatic rings. The number of nitrogens with one attached hydrogen (secondary N) is 1. The second-order valence-electron chi connectivity index (χ2n) is 7.36. The Bertz CT molecular complexity index is 991. The van der Waals surface area contributed by atoms with E-state index in [9.17, 15) is 9.59 Å². The number of H-pyrrole nitrogens is 1. The first-order chi connectivity index (χ1) is 14.6. The lowest BCUT2D eigenvalue weighted by Gasteiger charge is -2.31. The summed E-state index contributed by atoms with van der Waals surface area (Å²) in [6.07, 6.45) is 1.33. The highest BCUT2D eigenvalue weighted by Gasteiger charge is 2.28.